The highest BCUT2D eigenvalue weighted by Gasteiger charge is 2.04. The first-order valence-electron chi connectivity index (χ1n) is 8.67. The molecule has 5 nitrogen and oxygen atoms in total. The predicted octanol–water partition coefficient (Wildman–Crippen LogP) is 4.47. The summed E-state index contributed by atoms with van der Waals surface area (Å²) in [5.74, 6) is 2.28. The number of benzene rings is 2. The van der Waals surface area contributed by atoms with Gasteiger partial charge in [0.2, 0.25) is 0 Å². The van der Waals surface area contributed by atoms with Crippen LogP contribution in [0.2, 0.25) is 0 Å². The maximum Gasteiger partial charge on any atom is 0.161 e. The third-order valence-electron chi connectivity index (χ3n) is 3.55. The van der Waals surface area contributed by atoms with Crippen LogP contribution in [0.3, 0.4) is 0 Å². The van der Waals surface area contributed by atoms with Gasteiger partial charge in [0.15, 0.2) is 11.5 Å². The van der Waals surface area contributed by atoms with E-state index in [0.717, 1.165) is 35.8 Å². The zero-order chi connectivity index (χ0) is 19.2. The lowest BCUT2D eigenvalue weighted by Gasteiger charge is -2.10. The fourth-order valence-electron chi connectivity index (χ4n) is 2.18. The van der Waals surface area contributed by atoms with Crippen molar-refractivity contribution in [2.75, 3.05) is 34.5 Å². The van der Waals surface area contributed by atoms with Crippen LogP contribution in [0, 0.1) is 0 Å². The first kappa shape index (κ1) is 21.8. The Kier molecular flexibility index (Phi) is 10.9. The first-order chi connectivity index (χ1) is 12.7. The van der Waals surface area contributed by atoms with Crippen molar-refractivity contribution in [1.82, 2.24) is 0 Å². The fourth-order valence-corrected chi connectivity index (χ4v) is 2.18. The molecule has 2 aromatic carbocycles. The molecule has 0 N–H and O–H groups in total. The molecule has 0 saturated carbocycles. The summed E-state index contributed by atoms with van der Waals surface area (Å²) >= 11 is 0. The van der Waals surface area contributed by atoms with Crippen molar-refractivity contribution < 1.29 is 23.7 Å². The van der Waals surface area contributed by atoms with Crippen LogP contribution in [-0.4, -0.2) is 34.5 Å². The molecule has 0 heterocycles. The number of hydrogen-bond donors (Lipinski definition) is 0. The Balaban J connectivity index is 0.000000597. The summed E-state index contributed by atoms with van der Waals surface area (Å²) in [7, 11) is 4.90. The number of rotatable bonds is 9. The SMILES string of the molecule is CCOCC.COc1ccc(COCc2ccc(OC)c(OC)c2)cc1. The second-order valence-electron chi connectivity index (χ2n) is 5.31. The summed E-state index contributed by atoms with van der Waals surface area (Å²) < 4.78 is 26.2. The Morgan fingerprint density at radius 2 is 1.19 bits per heavy atom. The Bertz CT molecular complexity index is 608. The van der Waals surface area contributed by atoms with Gasteiger partial charge in [-0.05, 0) is 49.2 Å². The van der Waals surface area contributed by atoms with E-state index in [4.69, 9.17) is 23.7 Å². The van der Waals surface area contributed by atoms with Crippen molar-refractivity contribution in [1.29, 1.82) is 0 Å². The van der Waals surface area contributed by atoms with Crippen molar-refractivity contribution >= 4 is 0 Å². The fraction of sp³-hybridized carbons (Fsp3) is 0.429. The van der Waals surface area contributed by atoms with Crippen LogP contribution >= 0.6 is 0 Å². The summed E-state index contributed by atoms with van der Waals surface area (Å²) in [6.45, 7) is 6.74. The highest BCUT2D eigenvalue weighted by Crippen LogP contribution is 2.27. The lowest BCUT2D eigenvalue weighted by atomic mass is 10.2. The smallest absolute Gasteiger partial charge is 0.161 e. The van der Waals surface area contributed by atoms with Gasteiger partial charge in [-0.3, -0.25) is 0 Å². The van der Waals surface area contributed by atoms with Gasteiger partial charge in [0.25, 0.3) is 0 Å². The summed E-state index contributed by atoms with van der Waals surface area (Å²) in [5.41, 5.74) is 2.15. The highest BCUT2D eigenvalue weighted by molar-refractivity contribution is 5.42. The van der Waals surface area contributed by atoms with Crippen molar-refractivity contribution in [3.05, 3.63) is 53.6 Å². The maximum absolute atomic E-state index is 5.72. The van der Waals surface area contributed by atoms with Gasteiger partial charge in [0, 0.05) is 13.2 Å². The average molecular weight is 362 g/mol. The molecule has 26 heavy (non-hydrogen) atoms. The Morgan fingerprint density at radius 3 is 1.69 bits per heavy atom. The van der Waals surface area contributed by atoms with Gasteiger partial charge in [0.05, 0.1) is 34.5 Å². The Hall–Kier alpha value is -2.24. The molecule has 0 aliphatic rings. The molecular formula is C21H30O5. The molecular weight excluding hydrogens is 332 g/mol. The van der Waals surface area contributed by atoms with E-state index in [1.54, 1.807) is 21.3 Å². The minimum atomic E-state index is 0.520. The van der Waals surface area contributed by atoms with Crippen molar-refractivity contribution in [2.45, 2.75) is 27.1 Å². The zero-order valence-electron chi connectivity index (χ0n) is 16.4. The van der Waals surface area contributed by atoms with Gasteiger partial charge >= 0.3 is 0 Å². The number of ether oxygens (including phenoxy) is 5. The lowest BCUT2D eigenvalue weighted by Crippen LogP contribution is -1.96. The van der Waals surface area contributed by atoms with Crippen LogP contribution in [0.1, 0.15) is 25.0 Å². The van der Waals surface area contributed by atoms with Crippen molar-refractivity contribution in [3.63, 3.8) is 0 Å². The molecule has 5 heteroatoms. The second-order valence-corrected chi connectivity index (χ2v) is 5.31. The minimum Gasteiger partial charge on any atom is -0.497 e. The topological polar surface area (TPSA) is 46.2 Å². The predicted molar refractivity (Wildman–Crippen MR) is 103 cm³/mol. The quantitative estimate of drug-likeness (QED) is 0.658. The molecule has 144 valence electrons. The normalized spacial score (nSPS) is 9.88. The van der Waals surface area contributed by atoms with Gasteiger partial charge in [-0.2, -0.15) is 0 Å². The van der Waals surface area contributed by atoms with E-state index in [1.807, 2.05) is 56.3 Å². The summed E-state index contributed by atoms with van der Waals surface area (Å²) in [5, 5.41) is 0. The Morgan fingerprint density at radius 1 is 0.615 bits per heavy atom. The molecule has 0 amide bonds. The van der Waals surface area contributed by atoms with E-state index in [1.165, 1.54) is 0 Å². The molecule has 2 rings (SSSR count). The molecule has 0 radical (unpaired) electrons. The van der Waals surface area contributed by atoms with Crippen LogP contribution in [0.4, 0.5) is 0 Å². The molecule has 2 aromatic rings. The standard InChI is InChI=1S/C17H20O4.C4H10O/c1-18-15-7-4-13(5-8-15)11-21-12-14-6-9-16(19-2)17(10-14)20-3;1-3-5-4-2/h4-10H,11-12H2,1-3H3;3-4H2,1-2H3. The van der Waals surface area contributed by atoms with Crippen molar-refractivity contribution in [2.24, 2.45) is 0 Å². The monoisotopic (exact) mass is 362 g/mol. The maximum atomic E-state index is 5.72. The third kappa shape index (κ3) is 7.76. The van der Waals surface area contributed by atoms with Crippen molar-refractivity contribution in [3.8, 4) is 17.2 Å². The summed E-state index contributed by atoms with van der Waals surface area (Å²) in [6.07, 6.45) is 0. The summed E-state index contributed by atoms with van der Waals surface area (Å²) in [4.78, 5) is 0. The molecule has 0 atom stereocenters. The molecule has 0 aromatic heterocycles. The average Bonchev–Trinajstić information content (AvgIpc) is 2.69. The van der Waals surface area contributed by atoms with Crippen LogP contribution in [0.25, 0.3) is 0 Å². The van der Waals surface area contributed by atoms with E-state index in [-0.39, 0.29) is 0 Å². The van der Waals surface area contributed by atoms with E-state index in [9.17, 15) is 0 Å². The highest BCUT2D eigenvalue weighted by atomic mass is 16.5. The van der Waals surface area contributed by atoms with Gasteiger partial charge in [-0.25, -0.2) is 0 Å². The molecule has 0 saturated heterocycles. The molecule has 0 bridgehead atoms. The number of methoxy groups -OCH3 is 3. The van der Waals surface area contributed by atoms with E-state index < -0.39 is 0 Å². The van der Waals surface area contributed by atoms with Crippen LogP contribution in [0.15, 0.2) is 42.5 Å². The largest absolute Gasteiger partial charge is 0.497 e. The molecule has 0 fully saturated rings. The number of hydrogen-bond acceptors (Lipinski definition) is 5. The van der Waals surface area contributed by atoms with Gasteiger partial charge in [0.1, 0.15) is 5.75 Å². The lowest BCUT2D eigenvalue weighted by molar-refractivity contribution is 0.107. The molecule has 0 aliphatic carbocycles. The van der Waals surface area contributed by atoms with Gasteiger partial charge in [-0.1, -0.05) is 18.2 Å². The van der Waals surface area contributed by atoms with Gasteiger partial charge in [-0.15, -0.1) is 0 Å². The van der Waals surface area contributed by atoms with Gasteiger partial charge < -0.3 is 23.7 Å². The zero-order valence-corrected chi connectivity index (χ0v) is 16.4. The van der Waals surface area contributed by atoms with E-state index >= 15 is 0 Å². The molecule has 0 spiro atoms. The van der Waals surface area contributed by atoms with E-state index in [0.29, 0.717) is 19.0 Å². The first-order valence-corrected chi connectivity index (χ1v) is 8.67. The second kappa shape index (κ2) is 13.0. The van der Waals surface area contributed by atoms with E-state index in [2.05, 4.69) is 0 Å². The Labute approximate surface area is 156 Å². The summed E-state index contributed by atoms with van der Waals surface area (Å²) in [6, 6.07) is 13.6. The molecule has 0 aliphatic heterocycles. The molecule has 0 unspecified atom stereocenters. The third-order valence-corrected chi connectivity index (χ3v) is 3.55. The minimum absolute atomic E-state index is 0.520. The van der Waals surface area contributed by atoms with Crippen LogP contribution in [-0.2, 0) is 22.7 Å². The van der Waals surface area contributed by atoms with Crippen LogP contribution < -0.4 is 14.2 Å². The van der Waals surface area contributed by atoms with Crippen LogP contribution in [0.5, 0.6) is 17.2 Å².